The molecule has 3 aliphatic rings. The average Bonchev–Trinajstić information content (AvgIpc) is 3.01. The molecular formula is C35H30BrF3N2O5. The Balaban J connectivity index is 1.56. The number of rotatable bonds is 7. The van der Waals surface area contributed by atoms with Crippen molar-refractivity contribution in [2.24, 2.45) is 5.41 Å². The van der Waals surface area contributed by atoms with E-state index >= 15 is 0 Å². The molecule has 1 aromatic heterocycles. The molecule has 4 aromatic rings. The lowest BCUT2D eigenvalue weighted by Crippen LogP contribution is -2.59. The van der Waals surface area contributed by atoms with Crippen LogP contribution in [0.25, 0.3) is 27.7 Å². The van der Waals surface area contributed by atoms with Crippen molar-refractivity contribution in [2.45, 2.75) is 51.4 Å². The number of ether oxygens (including phenoxy) is 2. The second-order valence-corrected chi connectivity index (χ2v) is 12.7. The third kappa shape index (κ3) is 5.30. The van der Waals surface area contributed by atoms with Crippen molar-refractivity contribution in [2.75, 3.05) is 7.11 Å². The number of carbonyl (C=O) groups is 2. The highest BCUT2D eigenvalue weighted by molar-refractivity contribution is 9.10. The molecule has 46 heavy (non-hydrogen) atoms. The predicted molar refractivity (Wildman–Crippen MR) is 171 cm³/mol. The second-order valence-electron chi connectivity index (χ2n) is 11.8. The van der Waals surface area contributed by atoms with Crippen LogP contribution in [0.4, 0.5) is 13.2 Å². The van der Waals surface area contributed by atoms with Gasteiger partial charge in [0.25, 0.3) is 5.91 Å². The maximum Gasteiger partial charge on any atom is 0.573 e. The standard InChI is InChI=1S/C35H30BrF3N2O5/c1-19-28(24-17-22(36)9-11-26(24)40-30(19)21-7-5-4-6-8-21)31(42)41-34-15-13-33(14-16-34,32(43)44)20(2)29(34)25-18-23(45-3)10-12-27(25)46-35(37,38)39/h4-12,17-18H,13-16H2,1-3H3,(H,41,42)(H,43,44). The summed E-state index contributed by atoms with van der Waals surface area (Å²) < 4.78 is 51.5. The number of methoxy groups -OCH3 is 1. The second kappa shape index (κ2) is 11.5. The fourth-order valence-electron chi connectivity index (χ4n) is 7.17. The number of pyridine rings is 1. The highest BCUT2D eigenvalue weighted by Crippen LogP contribution is 2.60. The van der Waals surface area contributed by atoms with Crippen LogP contribution in [0.2, 0.25) is 0 Å². The molecule has 1 saturated carbocycles. The summed E-state index contributed by atoms with van der Waals surface area (Å²) in [6.45, 7) is 3.44. The Kier molecular flexibility index (Phi) is 7.87. The molecule has 1 heterocycles. The fraction of sp³-hybridized carbons (Fsp3) is 0.286. The number of nitrogens with zero attached hydrogens (tertiary/aromatic N) is 1. The van der Waals surface area contributed by atoms with Crippen LogP contribution in [0.1, 0.15) is 54.1 Å². The van der Waals surface area contributed by atoms with E-state index in [-0.39, 0.29) is 37.0 Å². The summed E-state index contributed by atoms with van der Waals surface area (Å²) in [7, 11) is 1.38. The number of carboxylic acids is 1. The van der Waals surface area contributed by atoms with Crippen LogP contribution in [-0.2, 0) is 4.79 Å². The maximum absolute atomic E-state index is 14.6. The number of alkyl halides is 3. The number of amides is 1. The molecule has 1 fully saturated rings. The number of aliphatic carboxylic acids is 1. The zero-order chi connectivity index (χ0) is 33.0. The summed E-state index contributed by atoms with van der Waals surface area (Å²) in [5.74, 6) is -1.76. The van der Waals surface area contributed by atoms with Crippen molar-refractivity contribution in [1.29, 1.82) is 0 Å². The van der Waals surface area contributed by atoms with E-state index in [9.17, 15) is 27.9 Å². The van der Waals surface area contributed by atoms with E-state index in [2.05, 4.69) is 26.0 Å². The average molecular weight is 696 g/mol. The number of halogens is 4. The molecule has 1 amide bonds. The zero-order valence-electron chi connectivity index (χ0n) is 25.2. The first-order valence-electron chi connectivity index (χ1n) is 14.7. The van der Waals surface area contributed by atoms with E-state index < -0.39 is 34.9 Å². The number of nitrogens with one attached hydrogen (secondary N) is 1. The van der Waals surface area contributed by atoms with Gasteiger partial charge >= 0.3 is 12.3 Å². The fourth-order valence-corrected chi connectivity index (χ4v) is 7.53. The molecule has 11 heteroatoms. The summed E-state index contributed by atoms with van der Waals surface area (Å²) in [6.07, 6.45) is -4.22. The first-order valence-corrected chi connectivity index (χ1v) is 15.4. The first kappa shape index (κ1) is 31.6. The Morgan fingerprint density at radius 1 is 0.978 bits per heavy atom. The third-order valence-corrected chi connectivity index (χ3v) is 9.93. The molecule has 2 bridgehead atoms. The Bertz CT molecular complexity index is 1920. The van der Waals surface area contributed by atoms with Gasteiger partial charge in [0.05, 0.1) is 34.8 Å². The lowest BCUT2D eigenvalue weighted by Gasteiger charge is -2.53. The van der Waals surface area contributed by atoms with Crippen LogP contribution in [-0.4, -0.2) is 41.0 Å². The van der Waals surface area contributed by atoms with Gasteiger partial charge in [0.15, 0.2) is 0 Å². The molecule has 0 spiro atoms. The van der Waals surface area contributed by atoms with Gasteiger partial charge in [-0.25, -0.2) is 4.98 Å². The van der Waals surface area contributed by atoms with Crippen molar-refractivity contribution in [3.63, 3.8) is 0 Å². The SMILES string of the molecule is COc1ccc(OC(F)(F)F)c(C2=C(C)C3(C(=O)O)CCC2(NC(=O)c2c(C)c(-c4ccccc4)nc4ccc(Br)cc24)CC3)c1. The largest absolute Gasteiger partial charge is 0.573 e. The van der Waals surface area contributed by atoms with Crippen LogP contribution in [0, 0.1) is 12.3 Å². The molecule has 0 aliphatic heterocycles. The van der Waals surface area contributed by atoms with Crippen LogP contribution < -0.4 is 14.8 Å². The number of carbonyl (C=O) groups excluding carboxylic acids is 1. The number of fused-ring (bicyclic) bond motifs is 3. The summed E-state index contributed by atoms with van der Waals surface area (Å²) in [4.78, 5) is 32.2. The van der Waals surface area contributed by atoms with Gasteiger partial charge in [0, 0.05) is 21.0 Å². The summed E-state index contributed by atoms with van der Waals surface area (Å²) in [5, 5.41) is 14.2. The number of hydrogen-bond acceptors (Lipinski definition) is 5. The molecule has 0 unspecified atom stereocenters. The van der Waals surface area contributed by atoms with Crippen LogP contribution in [0.3, 0.4) is 0 Å². The molecule has 3 aromatic carbocycles. The van der Waals surface area contributed by atoms with Gasteiger partial charge in [-0.2, -0.15) is 0 Å². The minimum atomic E-state index is -5.01. The summed E-state index contributed by atoms with van der Waals surface area (Å²) >= 11 is 3.51. The van der Waals surface area contributed by atoms with E-state index in [1.54, 1.807) is 6.92 Å². The Morgan fingerprint density at radius 3 is 2.30 bits per heavy atom. The van der Waals surface area contributed by atoms with E-state index in [0.717, 1.165) is 16.1 Å². The van der Waals surface area contributed by atoms with Crippen molar-refractivity contribution < 1.29 is 37.3 Å². The van der Waals surface area contributed by atoms with Gasteiger partial charge in [0.2, 0.25) is 0 Å². The monoisotopic (exact) mass is 694 g/mol. The van der Waals surface area contributed by atoms with Gasteiger partial charge in [-0.05, 0) is 92.6 Å². The maximum atomic E-state index is 14.6. The van der Waals surface area contributed by atoms with E-state index in [1.807, 2.05) is 55.5 Å². The third-order valence-electron chi connectivity index (χ3n) is 9.44. The van der Waals surface area contributed by atoms with Crippen LogP contribution in [0.15, 0.2) is 76.8 Å². The Morgan fingerprint density at radius 2 is 1.67 bits per heavy atom. The van der Waals surface area contributed by atoms with Crippen LogP contribution >= 0.6 is 15.9 Å². The van der Waals surface area contributed by atoms with Gasteiger partial charge in [-0.15, -0.1) is 13.2 Å². The lowest BCUT2D eigenvalue weighted by molar-refractivity contribution is -0.274. The topological polar surface area (TPSA) is 97.8 Å². The lowest BCUT2D eigenvalue weighted by atomic mass is 9.53. The van der Waals surface area contributed by atoms with Crippen molar-refractivity contribution in [3.8, 4) is 22.8 Å². The molecule has 238 valence electrons. The normalized spacial score (nSPS) is 20.9. The van der Waals surface area contributed by atoms with Gasteiger partial charge in [-0.1, -0.05) is 46.3 Å². The van der Waals surface area contributed by atoms with E-state index in [1.165, 1.54) is 19.2 Å². The number of benzene rings is 3. The van der Waals surface area contributed by atoms with Crippen molar-refractivity contribution in [1.82, 2.24) is 10.3 Å². The Labute approximate surface area is 271 Å². The molecular weight excluding hydrogens is 665 g/mol. The van der Waals surface area contributed by atoms with Crippen molar-refractivity contribution >= 4 is 44.3 Å². The number of hydrogen-bond donors (Lipinski definition) is 2. The van der Waals surface area contributed by atoms with Gasteiger partial charge in [0.1, 0.15) is 11.5 Å². The highest BCUT2D eigenvalue weighted by Gasteiger charge is 2.57. The van der Waals surface area contributed by atoms with E-state index in [4.69, 9.17) is 9.72 Å². The summed E-state index contributed by atoms with van der Waals surface area (Å²) in [6, 6.07) is 18.8. The minimum absolute atomic E-state index is 0.0172. The number of aromatic nitrogens is 1. The quantitative estimate of drug-likeness (QED) is 0.201. The van der Waals surface area contributed by atoms with Gasteiger partial charge in [-0.3, -0.25) is 9.59 Å². The smallest absolute Gasteiger partial charge is 0.497 e. The van der Waals surface area contributed by atoms with Crippen molar-refractivity contribution in [3.05, 3.63) is 93.5 Å². The molecule has 0 saturated heterocycles. The van der Waals surface area contributed by atoms with Gasteiger partial charge < -0.3 is 19.9 Å². The minimum Gasteiger partial charge on any atom is -0.497 e. The Hall–Kier alpha value is -4.38. The molecule has 7 rings (SSSR count). The van der Waals surface area contributed by atoms with E-state index in [0.29, 0.717) is 38.9 Å². The molecule has 0 atom stereocenters. The highest BCUT2D eigenvalue weighted by atomic mass is 79.9. The molecule has 2 N–H and O–H groups in total. The molecule has 7 nitrogen and oxygen atoms in total. The molecule has 0 radical (unpaired) electrons. The first-order chi connectivity index (χ1) is 21.8. The van der Waals surface area contributed by atoms with Crippen LogP contribution in [0.5, 0.6) is 11.5 Å². The predicted octanol–water partition coefficient (Wildman–Crippen LogP) is 8.48. The zero-order valence-corrected chi connectivity index (χ0v) is 26.8. The molecule has 3 aliphatic carbocycles. The summed E-state index contributed by atoms with van der Waals surface area (Å²) in [5.41, 5.74) is 1.21. The number of carboxylic acid groups (broad SMARTS) is 1.